The average Bonchev–Trinajstić information content (AvgIpc) is 1.90. The van der Waals surface area contributed by atoms with Crippen molar-refractivity contribution in [1.29, 1.82) is 0 Å². The summed E-state index contributed by atoms with van der Waals surface area (Å²) in [6.07, 6.45) is 0. The van der Waals surface area contributed by atoms with Crippen molar-refractivity contribution in [3.8, 4) is 0 Å². The van der Waals surface area contributed by atoms with E-state index >= 15 is 0 Å². The Morgan fingerprint density at radius 2 is 1.50 bits per heavy atom. The minimum atomic E-state index is 0. The van der Waals surface area contributed by atoms with Crippen LogP contribution in [0.2, 0.25) is 0 Å². The molecule has 0 aliphatic rings. The molecule has 0 spiro atoms. The third-order valence-corrected chi connectivity index (χ3v) is 1.47. The van der Waals surface area contributed by atoms with E-state index in [1.165, 1.54) is 5.56 Å². The van der Waals surface area contributed by atoms with E-state index in [4.69, 9.17) is 0 Å². The molecule has 0 aliphatic carbocycles. The van der Waals surface area contributed by atoms with Crippen LogP contribution in [0.1, 0.15) is 25.3 Å². The Bertz CT molecular complexity index is 167. The van der Waals surface area contributed by atoms with Crippen molar-refractivity contribution >= 4 is 48.9 Å². The first-order chi connectivity index (χ1) is 4.30. The first-order valence-electron chi connectivity index (χ1n) is 3.35. The first kappa shape index (κ1) is 10.8. The Morgan fingerprint density at radius 3 is 1.80 bits per heavy atom. The van der Waals surface area contributed by atoms with E-state index in [0.29, 0.717) is 5.92 Å². The van der Waals surface area contributed by atoms with Crippen molar-refractivity contribution in [3.05, 3.63) is 35.9 Å². The molecule has 0 unspecified atom stereocenters. The van der Waals surface area contributed by atoms with Gasteiger partial charge < -0.3 is 0 Å². The molecule has 0 nitrogen and oxygen atoms in total. The number of hydrogen-bond donors (Lipinski definition) is 0. The minimum absolute atomic E-state index is 0. The van der Waals surface area contributed by atoms with Gasteiger partial charge in [0.15, 0.2) is 0 Å². The van der Waals surface area contributed by atoms with Crippen molar-refractivity contribution in [1.82, 2.24) is 0 Å². The Kier molecular flexibility index (Phi) is 5.87. The van der Waals surface area contributed by atoms with Gasteiger partial charge in [-0.15, -0.1) is 0 Å². The summed E-state index contributed by atoms with van der Waals surface area (Å²) in [5.74, 6) is 0.659. The summed E-state index contributed by atoms with van der Waals surface area (Å²) in [7, 11) is 0. The van der Waals surface area contributed by atoms with E-state index in [1.54, 1.807) is 0 Å². The maximum absolute atomic E-state index is 2.20. The molecule has 0 aromatic heterocycles. The summed E-state index contributed by atoms with van der Waals surface area (Å²) in [6.45, 7) is 4.41. The van der Waals surface area contributed by atoms with E-state index < -0.39 is 0 Å². The van der Waals surface area contributed by atoms with Crippen LogP contribution in [-0.4, -0.2) is 48.9 Å². The fourth-order valence-corrected chi connectivity index (χ4v) is 0.838. The molecule has 10 heavy (non-hydrogen) atoms. The summed E-state index contributed by atoms with van der Waals surface area (Å²) in [4.78, 5) is 0. The van der Waals surface area contributed by atoms with Gasteiger partial charge in [0.2, 0.25) is 0 Å². The van der Waals surface area contributed by atoms with Gasteiger partial charge in [0.1, 0.15) is 0 Å². The Labute approximate surface area is 103 Å². The molecule has 2 radical (unpaired) electrons. The molecule has 1 rings (SSSR count). The van der Waals surface area contributed by atoms with Crippen LogP contribution in [0.25, 0.3) is 0 Å². The summed E-state index contributed by atoms with van der Waals surface area (Å²) in [5, 5.41) is 0. The molecular weight excluding hydrogens is 245 g/mol. The van der Waals surface area contributed by atoms with Crippen LogP contribution in [0.15, 0.2) is 30.3 Å². The van der Waals surface area contributed by atoms with E-state index in [2.05, 4.69) is 38.1 Å². The van der Waals surface area contributed by atoms with Gasteiger partial charge in [-0.2, -0.15) is 0 Å². The van der Waals surface area contributed by atoms with Gasteiger partial charge in [0, 0.05) is 48.9 Å². The molecule has 0 atom stereocenters. The van der Waals surface area contributed by atoms with Crippen molar-refractivity contribution < 1.29 is 0 Å². The third kappa shape index (κ3) is 3.26. The zero-order valence-corrected chi connectivity index (χ0v) is 11.1. The van der Waals surface area contributed by atoms with Crippen molar-refractivity contribution in [2.75, 3.05) is 0 Å². The molecule has 1 heteroatoms. The standard InChI is InChI=1S/C9H12.Ba/c1-8(2)9-6-4-3-5-7-9;/h3-8H,1-2H3;. The average molecular weight is 258 g/mol. The molecule has 0 saturated carbocycles. The monoisotopic (exact) mass is 258 g/mol. The predicted octanol–water partition coefficient (Wildman–Crippen LogP) is 2.43. The second kappa shape index (κ2) is 5.44. The molecule has 50 valence electrons. The molecule has 0 fully saturated rings. The van der Waals surface area contributed by atoms with Crippen LogP contribution in [-0.2, 0) is 0 Å². The van der Waals surface area contributed by atoms with Crippen molar-refractivity contribution in [2.45, 2.75) is 19.8 Å². The number of rotatable bonds is 1. The van der Waals surface area contributed by atoms with Gasteiger partial charge in [-0.05, 0) is 11.5 Å². The van der Waals surface area contributed by atoms with Crippen LogP contribution < -0.4 is 0 Å². The summed E-state index contributed by atoms with van der Waals surface area (Å²) in [5.41, 5.74) is 1.41. The predicted molar refractivity (Wildman–Crippen MR) is 46.3 cm³/mol. The molecule has 0 heterocycles. The van der Waals surface area contributed by atoms with Crippen molar-refractivity contribution in [3.63, 3.8) is 0 Å². The third-order valence-electron chi connectivity index (χ3n) is 1.47. The van der Waals surface area contributed by atoms with E-state index in [9.17, 15) is 0 Å². The molecule has 1 aromatic rings. The van der Waals surface area contributed by atoms with Gasteiger partial charge in [0.05, 0.1) is 0 Å². The topological polar surface area (TPSA) is 0 Å². The second-order valence-corrected chi connectivity index (χ2v) is 2.57. The molecular formula is C9H12Ba. The fourth-order valence-electron chi connectivity index (χ4n) is 0.838. The van der Waals surface area contributed by atoms with Gasteiger partial charge >= 0.3 is 0 Å². The van der Waals surface area contributed by atoms with Crippen molar-refractivity contribution in [2.24, 2.45) is 0 Å². The van der Waals surface area contributed by atoms with E-state index in [-0.39, 0.29) is 48.9 Å². The number of hydrogen-bond acceptors (Lipinski definition) is 0. The van der Waals surface area contributed by atoms with Crippen LogP contribution in [0.4, 0.5) is 0 Å². The second-order valence-electron chi connectivity index (χ2n) is 2.57. The smallest absolute Gasteiger partial charge is 0 e. The van der Waals surface area contributed by atoms with E-state index in [0.717, 1.165) is 0 Å². The Hall–Kier alpha value is 0.791. The van der Waals surface area contributed by atoms with Crippen LogP contribution in [0.5, 0.6) is 0 Å². The SMILES string of the molecule is CC(C)c1ccccc1.[Ba]. The summed E-state index contributed by atoms with van der Waals surface area (Å²) in [6, 6.07) is 10.5. The zero-order chi connectivity index (χ0) is 6.69. The zero-order valence-electron chi connectivity index (χ0n) is 6.67. The normalized spacial score (nSPS) is 9.10. The van der Waals surface area contributed by atoms with Gasteiger partial charge in [-0.1, -0.05) is 44.2 Å². The van der Waals surface area contributed by atoms with Crippen LogP contribution >= 0.6 is 0 Å². The van der Waals surface area contributed by atoms with Crippen LogP contribution in [0, 0.1) is 0 Å². The van der Waals surface area contributed by atoms with E-state index in [1.807, 2.05) is 6.07 Å². The minimum Gasteiger partial charge on any atom is -0.0622 e. The van der Waals surface area contributed by atoms with Crippen LogP contribution in [0.3, 0.4) is 0 Å². The van der Waals surface area contributed by atoms with Gasteiger partial charge in [-0.25, -0.2) is 0 Å². The Morgan fingerprint density at radius 1 is 1.00 bits per heavy atom. The molecule has 0 N–H and O–H groups in total. The van der Waals surface area contributed by atoms with Gasteiger partial charge in [0.25, 0.3) is 0 Å². The summed E-state index contributed by atoms with van der Waals surface area (Å²) >= 11 is 0. The largest absolute Gasteiger partial charge is 0.0622 e. The molecule has 0 bridgehead atoms. The van der Waals surface area contributed by atoms with Gasteiger partial charge in [-0.3, -0.25) is 0 Å². The molecule has 0 saturated heterocycles. The fraction of sp³-hybridized carbons (Fsp3) is 0.333. The quantitative estimate of drug-likeness (QED) is 0.678. The number of benzene rings is 1. The maximum Gasteiger partial charge on any atom is 0 e. The Balaban J connectivity index is 0.000000810. The molecule has 0 amide bonds. The first-order valence-corrected chi connectivity index (χ1v) is 3.35. The molecule has 1 aromatic carbocycles. The maximum atomic E-state index is 2.20. The summed E-state index contributed by atoms with van der Waals surface area (Å²) < 4.78 is 0. The molecule has 0 aliphatic heterocycles.